The molecule has 1 N–H and O–H groups in total. The number of thiophene rings is 1. The quantitative estimate of drug-likeness (QED) is 0.766. The summed E-state index contributed by atoms with van der Waals surface area (Å²) < 4.78 is 1.09. The Balaban J connectivity index is 2.02. The van der Waals surface area contributed by atoms with Crippen LogP contribution in [0.25, 0.3) is 10.2 Å². The molecule has 3 aromatic rings. The summed E-state index contributed by atoms with van der Waals surface area (Å²) in [6, 6.07) is 5.90. The topological polar surface area (TPSA) is 46.0 Å². The Morgan fingerprint density at radius 2 is 2.00 bits per heavy atom. The number of hydrogen-bond donors (Lipinski definition) is 1. The Morgan fingerprint density at radius 1 is 1.17 bits per heavy atom. The lowest BCUT2D eigenvalue weighted by atomic mass is 10.0. The molecule has 3 aromatic heterocycles. The monoisotopic (exact) mass is 256 g/mol. The predicted octanol–water partition coefficient (Wildman–Crippen LogP) is 3.08. The van der Waals surface area contributed by atoms with Gasteiger partial charge in [0.1, 0.15) is 6.10 Å². The van der Waals surface area contributed by atoms with Gasteiger partial charge in [-0.05, 0) is 30.0 Å². The Hall–Kier alpha value is -1.78. The van der Waals surface area contributed by atoms with Crippen LogP contribution in [0.2, 0.25) is 0 Å². The second-order valence-electron chi connectivity index (χ2n) is 4.27. The van der Waals surface area contributed by atoms with Gasteiger partial charge in [-0.2, -0.15) is 0 Å². The molecular formula is C14H12N2OS. The van der Waals surface area contributed by atoms with E-state index >= 15 is 0 Å². The maximum absolute atomic E-state index is 10.3. The summed E-state index contributed by atoms with van der Waals surface area (Å²) >= 11 is 1.63. The zero-order chi connectivity index (χ0) is 12.5. The SMILES string of the molecule is Cc1cncc(C(O)c2cnc3ccsc3c2)c1. The van der Waals surface area contributed by atoms with Gasteiger partial charge in [0.15, 0.2) is 0 Å². The van der Waals surface area contributed by atoms with Crippen molar-refractivity contribution in [2.45, 2.75) is 13.0 Å². The smallest absolute Gasteiger partial charge is 0.107 e. The summed E-state index contributed by atoms with van der Waals surface area (Å²) in [5.74, 6) is 0. The molecule has 90 valence electrons. The lowest BCUT2D eigenvalue weighted by Crippen LogP contribution is -2.01. The first-order valence-corrected chi connectivity index (χ1v) is 6.55. The average molecular weight is 256 g/mol. The van der Waals surface area contributed by atoms with Crippen molar-refractivity contribution in [3.05, 3.63) is 58.9 Å². The Morgan fingerprint density at radius 3 is 2.83 bits per heavy atom. The first-order valence-electron chi connectivity index (χ1n) is 5.67. The van der Waals surface area contributed by atoms with Crippen molar-refractivity contribution in [1.29, 1.82) is 0 Å². The van der Waals surface area contributed by atoms with Crippen LogP contribution in [0, 0.1) is 6.92 Å². The molecule has 3 rings (SSSR count). The van der Waals surface area contributed by atoms with Gasteiger partial charge in [0.2, 0.25) is 0 Å². The molecule has 0 amide bonds. The van der Waals surface area contributed by atoms with Gasteiger partial charge in [-0.15, -0.1) is 11.3 Å². The molecule has 0 aliphatic carbocycles. The number of aromatic nitrogens is 2. The van der Waals surface area contributed by atoms with Crippen molar-refractivity contribution in [3.8, 4) is 0 Å². The fraction of sp³-hybridized carbons (Fsp3) is 0.143. The number of hydrogen-bond acceptors (Lipinski definition) is 4. The predicted molar refractivity (Wildman–Crippen MR) is 72.7 cm³/mol. The molecule has 0 saturated carbocycles. The summed E-state index contributed by atoms with van der Waals surface area (Å²) in [6.07, 6.45) is 4.52. The maximum Gasteiger partial charge on any atom is 0.107 e. The third-order valence-corrected chi connectivity index (χ3v) is 3.70. The molecule has 0 radical (unpaired) electrons. The fourth-order valence-corrected chi connectivity index (χ4v) is 2.72. The van der Waals surface area contributed by atoms with E-state index in [0.29, 0.717) is 0 Å². The van der Waals surface area contributed by atoms with E-state index in [1.54, 1.807) is 29.9 Å². The number of aliphatic hydroxyl groups excluding tert-OH is 1. The van der Waals surface area contributed by atoms with E-state index in [4.69, 9.17) is 0 Å². The molecule has 0 bridgehead atoms. The van der Waals surface area contributed by atoms with Crippen LogP contribution in [-0.4, -0.2) is 15.1 Å². The van der Waals surface area contributed by atoms with Crippen LogP contribution in [-0.2, 0) is 0 Å². The van der Waals surface area contributed by atoms with Gasteiger partial charge in [0.25, 0.3) is 0 Å². The summed E-state index contributed by atoms with van der Waals surface area (Å²) in [6.45, 7) is 1.96. The minimum absolute atomic E-state index is 0.670. The van der Waals surface area contributed by atoms with E-state index in [1.165, 1.54) is 0 Å². The Labute approximate surface area is 109 Å². The highest BCUT2D eigenvalue weighted by Crippen LogP contribution is 2.26. The molecule has 4 heteroatoms. The van der Waals surface area contributed by atoms with Crippen molar-refractivity contribution in [2.75, 3.05) is 0 Å². The van der Waals surface area contributed by atoms with E-state index in [1.807, 2.05) is 30.5 Å². The lowest BCUT2D eigenvalue weighted by Gasteiger charge is -2.11. The van der Waals surface area contributed by atoms with Crippen LogP contribution in [0.4, 0.5) is 0 Å². The minimum atomic E-state index is -0.670. The zero-order valence-electron chi connectivity index (χ0n) is 9.87. The van der Waals surface area contributed by atoms with Gasteiger partial charge in [-0.25, -0.2) is 0 Å². The summed E-state index contributed by atoms with van der Waals surface area (Å²) in [4.78, 5) is 8.45. The number of fused-ring (bicyclic) bond motifs is 1. The van der Waals surface area contributed by atoms with E-state index < -0.39 is 6.10 Å². The standard InChI is InChI=1S/C14H12N2OS/c1-9-4-10(7-15-6-9)14(17)11-5-13-12(16-8-11)2-3-18-13/h2-8,14,17H,1H3. The normalized spacial score (nSPS) is 12.8. The molecule has 0 aliphatic rings. The highest BCUT2D eigenvalue weighted by molar-refractivity contribution is 7.17. The molecule has 1 atom stereocenters. The van der Waals surface area contributed by atoms with Crippen molar-refractivity contribution in [2.24, 2.45) is 0 Å². The van der Waals surface area contributed by atoms with Gasteiger partial charge in [-0.1, -0.05) is 6.07 Å². The first-order chi connectivity index (χ1) is 8.74. The van der Waals surface area contributed by atoms with Gasteiger partial charge in [0, 0.05) is 29.7 Å². The molecule has 0 saturated heterocycles. The van der Waals surface area contributed by atoms with Gasteiger partial charge >= 0.3 is 0 Å². The van der Waals surface area contributed by atoms with Gasteiger partial charge in [0.05, 0.1) is 10.2 Å². The number of aliphatic hydroxyl groups is 1. The Bertz CT molecular complexity index is 693. The summed E-state index contributed by atoms with van der Waals surface area (Å²) in [5, 5.41) is 12.3. The molecule has 18 heavy (non-hydrogen) atoms. The summed E-state index contributed by atoms with van der Waals surface area (Å²) in [7, 11) is 0. The van der Waals surface area contributed by atoms with Gasteiger partial charge in [-0.3, -0.25) is 9.97 Å². The molecule has 3 nitrogen and oxygen atoms in total. The van der Waals surface area contributed by atoms with E-state index in [-0.39, 0.29) is 0 Å². The second kappa shape index (κ2) is 4.48. The molecule has 0 spiro atoms. The van der Waals surface area contributed by atoms with Crippen LogP contribution in [0.5, 0.6) is 0 Å². The highest BCUT2D eigenvalue weighted by Gasteiger charge is 2.12. The molecule has 1 unspecified atom stereocenters. The van der Waals surface area contributed by atoms with E-state index in [0.717, 1.165) is 26.9 Å². The highest BCUT2D eigenvalue weighted by atomic mass is 32.1. The number of nitrogens with zero attached hydrogens (tertiary/aromatic N) is 2. The van der Waals surface area contributed by atoms with Crippen LogP contribution >= 0.6 is 11.3 Å². The molecular weight excluding hydrogens is 244 g/mol. The number of pyridine rings is 2. The largest absolute Gasteiger partial charge is 0.384 e. The third-order valence-electron chi connectivity index (χ3n) is 2.85. The average Bonchev–Trinajstić information content (AvgIpc) is 2.85. The second-order valence-corrected chi connectivity index (χ2v) is 5.22. The number of aryl methyl sites for hydroxylation is 1. The van der Waals surface area contributed by atoms with Gasteiger partial charge < -0.3 is 5.11 Å². The molecule has 0 aromatic carbocycles. The molecule has 0 aliphatic heterocycles. The van der Waals surface area contributed by atoms with Crippen LogP contribution in [0.15, 0.2) is 42.2 Å². The van der Waals surface area contributed by atoms with Crippen molar-refractivity contribution in [1.82, 2.24) is 9.97 Å². The zero-order valence-corrected chi connectivity index (χ0v) is 10.7. The van der Waals surface area contributed by atoms with Crippen LogP contribution < -0.4 is 0 Å². The van der Waals surface area contributed by atoms with E-state index in [2.05, 4.69) is 9.97 Å². The summed E-state index contributed by atoms with van der Waals surface area (Å²) in [5.41, 5.74) is 3.61. The van der Waals surface area contributed by atoms with Crippen LogP contribution in [0.3, 0.4) is 0 Å². The Kier molecular flexibility index (Phi) is 2.81. The van der Waals surface area contributed by atoms with Crippen LogP contribution in [0.1, 0.15) is 22.8 Å². The lowest BCUT2D eigenvalue weighted by molar-refractivity contribution is 0.219. The van der Waals surface area contributed by atoms with Crippen molar-refractivity contribution >= 4 is 21.6 Å². The first kappa shape index (κ1) is 11.3. The van der Waals surface area contributed by atoms with E-state index in [9.17, 15) is 5.11 Å². The molecule has 3 heterocycles. The number of rotatable bonds is 2. The molecule has 0 fully saturated rings. The minimum Gasteiger partial charge on any atom is -0.384 e. The fourth-order valence-electron chi connectivity index (χ4n) is 1.93. The van der Waals surface area contributed by atoms with Crippen molar-refractivity contribution in [3.63, 3.8) is 0 Å². The third kappa shape index (κ3) is 2.00. The van der Waals surface area contributed by atoms with Crippen molar-refractivity contribution < 1.29 is 5.11 Å². The maximum atomic E-state index is 10.3.